The van der Waals surface area contributed by atoms with Gasteiger partial charge in [-0.2, -0.15) is 0 Å². The first-order valence-corrected chi connectivity index (χ1v) is 8.22. The summed E-state index contributed by atoms with van der Waals surface area (Å²) in [7, 11) is 0. The van der Waals surface area contributed by atoms with Gasteiger partial charge in [0.1, 0.15) is 5.69 Å². The second kappa shape index (κ2) is 5.70. The van der Waals surface area contributed by atoms with Crippen LogP contribution in [0.25, 0.3) is 10.9 Å². The number of amides is 1. The first-order valence-electron chi connectivity index (χ1n) is 8.22. The second-order valence-corrected chi connectivity index (χ2v) is 6.39. The van der Waals surface area contributed by atoms with Gasteiger partial charge in [-0.1, -0.05) is 23.4 Å². The topological polar surface area (TPSA) is 88.2 Å². The van der Waals surface area contributed by atoms with E-state index < -0.39 is 0 Å². The molecule has 3 heterocycles. The number of hydrogen-bond donors (Lipinski definition) is 2. The number of aromatic nitrogens is 2. The van der Waals surface area contributed by atoms with Crippen molar-refractivity contribution >= 4 is 22.7 Å². The molecule has 1 aliphatic rings. The first-order chi connectivity index (χ1) is 11.6. The SMILES string of the molecule is Cc1c(C2CCN(C(=O)c3cc4ccccc4[nH]3)CC2)noc1N. The van der Waals surface area contributed by atoms with Gasteiger partial charge in [0, 0.05) is 35.5 Å². The Morgan fingerprint density at radius 1 is 1.33 bits per heavy atom. The summed E-state index contributed by atoms with van der Waals surface area (Å²) in [6, 6.07) is 9.85. The molecule has 0 saturated carbocycles. The fourth-order valence-electron chi connectivity index (χ4n) is 3.46. The number of piperidine rings is 1. The number of nitrogens with zero attached hydrogens (tertiary/aromatic N) is 2. The molecule has 0 bridgehead atoms. The van der Waals surface area contributed by atoms with Crippen LogP contribution in [-0.4, -0.2) is 34.0 Å². The minimum atomic E-state index is 0.0565. The van der Waals surface area contributed by atoms with Crippen molar-refractivity contribution in [2.75, 3.05) is 18.8 Å². The number of nitrogens with two attached hydrogens (primary N) is 1. The number of nitrogens with one attached hydrogen (secondary N) is 1. The van der Waals surface area contributed by atoms with Crippen LogP contribution in [0.15, 0.2) is 34.9 Å². The molecule has 3 N–H and O–H groups in total. The lowest BCUT2D eigenvalue weighted by Gasteiger charge is -2.31. The van der Waals surface area contributed by atoms with E-state index in [2.05, 4.69) is 10.1 Å². The van der Waals surface area contributed by atoms with E-state index in [1.165, 1.54) is 0 Å². The van der Waals surface area contributed by atoms with E-state index in [1.807, 2.05) is 42.2 Å². The van der Waals surface area contributed by atoms with Crippen LogP contribution >= 0.6 is 0 Å². The Labute approximate surface area is 139 Å². The van der Waals surface area contributed by atoms with Crippen molar-refractivity contribution in [1.82, 2.24) is 15.0 Å². The molecule has 0 spiro atoms. The number of likely N-dealkylation sites (tertiary alicyclic amines) is 1. The Morgan fingerprint density at radius 3 is 2.75 bits per heavy atom. The third-order valence-corrected chi connectivity index (χ3v) is 4.93. The summed E-state index contributed by atoms with van der Waals surface area (Å²) in [5.41, 5.74) is 9.24. The molecule has 1 amide bonds. The van der Waals surface area contributed by atoms with Crippen LogP contribution in [0.3, 0.4) is 0 Å². The van der Waals surface area contributed by atoms with Crippen LogP contribution in [-0.2, 0) is 0 Å². The van der Waals surface area contributed by atoms with Crippen LogP contribution in [0.1, 0.15) is 40.5 Å². The predicted octanol–water partition coefficient (Wildman–Crippen LogP) is 3.07. The molecule has 24 heavy (non-hydrogen) atoms. The van der Waals surface area contributed by atoms with E-state index in [1.54, 1.807) is 0 Å². The summed E-state index contributed by atoms with van der Waals surface area (Å²) in [6.45, 7) is 3.36. The van der Waals surface area contributed by atoms with Crippen LogP contribution in [0.2, 0.25) is 0 Å². The normalized spacial score (nSPS) is 16.0. The number of para-hydroxylation sites is 1. The third kappa shape index (κ3) is 2.44. The molecule has 3 aromatic rings. The van der Waals surface area contributed by atoms with E-state index in [4.69, 9.17) is 10.3 Å². The average molecular weight is 324 g/mol. The van der Waals surface area contributed by atoms with Gasteiger partial charge < -0.3 is 20.1 Å². The zero-order chi connectivity index (χ0) is 16.7. The maximum atomic E-state index is 12.7. The van der Waals surface area contributed by atoms with Gasteiger partial charge in [0.2, 0.25) is 5.88 Å². The Bertz CT molecular complexity index is 854. The molecule has 2 aromatic heterocycles. The predicted molar refractivity (Wildman–Crippen MR) is 91.8 cm³/mol. The van der Waals surface area contributed by atoms with Crippen molar-refractivity contribution in [2.45, 2.75) is 25.7 Å². The number of rotatable bonds is 2. The highest BCUT2D eigenvalue weighted by Crippen LogP contribution is 2.32. The summed E-state index contributed by atoms with van der Waals surface area (Å²) in [5.74, 6) is 0.750. The minimum absolute atomic E-state index is 0.0565. The number of hydrogen-bond acceptors (Lipinski definition) is 4. The molecule has 1 aromatic carbocycles. The molecule has 0 radical (unpaired) electrons. The fourth-order valence-corrected chi connectivity index (χ4v) is 3.46. The van der Waals surface area contributed by atoms with Crippen molar-refractivity contribution in [3.8, 4) is 0 Å². The monoisotopic (exact) mass is 324 g/mol. The molecule has 0 unspecified atom stereocenters. The van der Waals surface area contributed by atoms with E-state index >= 15 is 0 Å². The Hall–Kier alpha value is -2.76. The van der Waals surface area contributed by atoms with Gasteiger partial charge in [-0.05, 0) is 31.9 Å². The molecule has 124 valence electrons. The van der Waals surface area contributed by atoms with E-state index in [0.717, 1.165) is 35.0 Å². The number of carbonyl (C=O) groups is 1. The third-order valence-electron chi connectivity index (χ3n) is 4.93. The van der Waals surface area contributed by atoms with Crippen molar-refractivity contribution in [3.63, 3.8) is 0 Å². The van der Waals surface area contributed by atoms with Crippen LogP contribution in [0.4, 0.5) is 5.88 Å². The zero-order valence-electron chi connectivity index (χ0n) is 13.6. The maximum absolute atomic E-state index is 12.7. The van der Waals surface area contributed by atoms with Crippen molar-refractivity contribution < 1.29 is 9.32 Å². The van der Waals surface area contributed by atoms with Gasteiger partial charge in [-0.3, -0.25) is 4.79 Å². The number of anilines is 1. The largest absolute Gasteiger partial charge is 0.367 e. The lowest BCUT2D eigenvalue weighted by molar-refractivity contribution is 0.0706. The molecule has 1 aliphatic heterocycles. The summed E-state index contributed by atoms with van der Waals surface area (Å²) >= 11 is 0. The molecule has 4 rings (SSSR count). The van der Waals surface area contributed by atoms with Gasteiger partial charge in [0.15, 0.2) is 0 Å². The second-order valence-electron chi connectivity index (χ2n) is 6.39. The van der Waals surface area contributed by atoms with Crippen molar-refractivity contribution in [1.29, 1.82) is 0 Å². The lowest BCUT2D eigenvalue weighted by atomic mass is 9.91. The highest BCUT2D eigenvalue weighted by atomic mass is 16.5. The number of fused-ring (bicyclic) bond motifs is 1. The summed E-state index contributed by atoms with van der Waals surface area (Å²) in [5, 5.41) is 5.15. The zero-order valence-corrected chi connectivity index (χ0v) is 13.6. The number of benzene rings is 1. The van der Waals surface area contributed by atoms with Gasteiger partial charge in [-0.15, -0.1) is 0 Å². The molecule has 6 nitrogen and oxygen atoms in total. The molecule has 6 heteroatoms. The van der Waals surface area contributed by atoms with Gasteiger partial charge >= 0.3 is 0 Å². The minimum Gasteiger partial charge on any atom is -0.367 e. The molecule has 1 fully saturated rings. The smallest absolute Gasteiger partial charge is 0.270 e. The lowest BCUT2D eigenvalue weighted by Crippen LogP contribution is -2.38. The van der Waals surface area contributed by atoms with Crippen molar-refractivity contribution in [2.24, 2.45) is 0 Å². The van der Waals surface area contributed by atoms with Gasteiger partial charge in [0.05, 0.1) is 5.69 Å². The summed E-state index contributed by atoms with van der Waals surface area (Å²) in [6.07, 6.45) is 1.75. The standard InChI is InChI=1S/C18H20N4O2/c1-11-16(21-24-17(11)19)12-6-8-22(9-7-12)18(23)15-10-13-4-2-3-5-14(13)20-15/h2-5,10,12,20H,6-9,19H2,1H3. The quantitative estimate of drug-likeness (QED) is 0.758. The Kier molecular flexibility index (Phi) is 3.52. The summed E-state index contributed by atoms with van der Waals surface area (Å²) < 4.78 is 5.07. The number of H-pyrrole nitrogens is 1. The molecule has 0 aliphatic carbocycles. The number of aromatic amines is 1. The van der Waals surface area contributed by atoms with Gasteiger partial charge in [-0.25, -0.2) is 0 Å². The Balaban J connectivity index is 1.47. The van der Waals surface area contributed by atoms with Crippen molar-refractivity contribution in [3.05, 3.63) is 47.3 Å². The average Bonchev–Trinajstić information content (AvgIpc) is 3.19. The van der Waals surface area contributed by atoms with Crippen LogP contribution in [0, 0.1) is 6.92 Å². The molecule has 0 atom stereocenters. The van der Waals surface area contributed by atoms with E-state index in [9.17, 15) is 4.79 Å². The molecular weight excluding hydrogens is 304 g/mol. The fraction of sp³-hybridized carbons (Fsp3) is 0.333. The first kappa shape index (κ1) is 14.8. The van der Waals surface area contributed by atoms with E-state index in [0.29, 0.717) is 30.6 Å². The van der Waals surface area contributed by atoms with E-state index in [-0.39, 0.29) is 5.91 Å². The summed E-state index contributed by atoms with van der Waals surface area (Å²) in [4.78, 5) is 17.8. The highest BCUT2D eigenvalue weighted by molar-refractivity contribution is 5.98. The Morgan fingerprint density at radius 2 is 2.08 bits per heavy atom. The maximum Gasteiger partial charge on any atom is 0.270 e. The number of nitrogen functional groups attached to an aromatic ring is 1. The van der Waals surface area contributed by atoms with Gasteiger partial charge in [0.25, 0.3) is 5.91 Å². The number of carbonyl (C=O) groups excluding carboxylic acids is 1. The molecular formula is C18H20N4O2. The highest BCUT2D eigenvalue weighted by Gasteiger charge is 2.28. The van der Waals surface area contributed by atoms with Crippen LogP contribution in [0.5, 0.6) is 0 Å². The molecule has 1 saturated heterocycles. The van der Waals surface area contributed by atoms with Crippen LogP contribution < -0.4 is 5.73 Å².